The van der Waals surface area contributed by atoms with E-state index in [1.54, 1.807) is 0 Å². The molecule has 0 saturated carbocycles. The average Bonchev–Trinajstić information content (AvgIpc) is 2.60. The van der Waals surface area contributed by atoms with Gasteiger partial charge in [0.05, 0.1) is 6.54 Å². The number of piperazine rings is 1. The van der Waals surface area contributed by atoms with Gasteiger partial charge >= 0.3 is 0 Å². The predicted molar refractivity (Wildman–Crippen MR) is 102 cm³/mol. The minimum absolute atomic E-state index is 0. The molecule has 2 rings (SSSR count). The van der Waals surface area contributed by atoms with Crippen LogP contribution in [0.2, 0.25) is 0 Å². The second kappa shape index (κ2) is 11.1. The molecule has 2 N–H and O–H groups in total. The fraction of sp³-hybridized carbons (Fsp3) is 0.556. The van der Waals surface area contributed by atoms with Crippen molar-refractivity contribution in [2.24, 2.45) is 0 Å². The molecule has 0 bridgehead atoms. The molecule has 0 aromatic heterocycles. The van der Waals surface area contributed by atoms with E-state index >= 15 is 0 Å². The van der Waals surface area contributed by atoms with Crippen molar-refractivity contribution in [2.75, 3.05) is 52.9 Å². The molecule has 1 heterocycles. The predicted octanol–water partition coefficient (Wildman–Crippen LogP) is 0.764. The quantitative estimate of drug-likeness (QED) is 0.746. The van der Waals surface area contributed by atoms with Crippen LogP contribution in [0.5, 0.6) is 0 Å². The Morgan fingerprint density at radius 2 is 1.80 bits per heavy atom. The number of carbonyl (C=O) groups excluding carboxylic acids is 2. The van der Waals surface area contributed by atoms with E-state index in [9.17, 15) is 9.59 Å². The van der Waals surface area contributed by atoms with Crippen LogP contribution < -0.4 is 10.6 Å². The SMILES string of the molecule is CCNC(=O)CN1CCN(C(=O)c2ccccc2CCNC)CC1.Cl. The van der Waals surface area contributed by atoms with Gasteiger partial charge in [-0.05, 0) is 38.6 Å². The van der Waals surface area contributed by atoms with Crippen molar-refractivity contribution in [3.63, 3.8) is 0 Å². The summed E-state index contributed by atoms with van der Waals surface area (Å²) in [6, 6.07) is 7.83. The minimum Gasteiger partial charge on any atom is -0.355 e. The van der Waals surface area contributed by atoms with Crippen LogP contribution in [-0.2, 0) is 11.2 Å². The average molecular weight is 369 g/mol. The van der Waals surface area contributed by atoms with Gasteiger partial charge in [-0.15, -0.1) is 12.4 Å². The van der Waals surface area contributed by atoms with Gasteiger partial charge < -0.3 is 15.5 Å². The van der Waals surface area contributed by atoms with E-state index in [0.717, 1.165) is 37.2 Å². The first-order valence-electron chi connectivity index (χ1n) is 8.66. The highest BCUT2D eigenvalue weighted by atomic mass is 35.5. The van der Waals surface area contributed by atoms with Crippen molar-refractivity contribution in [3.8, 4) is 0 Å². The van der Waals surface area contributed by atoms with Gasteiger partial charge in [0.15, 0.2) is 0 Å². The summed E-state index contributed by atoms with van der Waals surface area (Å²) in [6.45, 7) is 6.64. The Morgan fingerprint density at radius 3 is 2.44 bits per heavy atom. The Hall–Kier alpha value is -1.63. The zero-order valence-electron chi connectivity index (χ0n) is 15.1. The highest BCUT2D eigenvalue weighted by molar-refractivity contribution is 5.95. The van der Waals surface area contributed by atoms with Gasteiger partial charge in [-0.1, -0.05) is 18.2 Å². The third-order valence-corrected chi connectivity index (χ3v) is 4.29. The maximum absolute atomic E-state index is 12.8. The first-order valence-corrected chi connectivity index (χ1v) is 8.66. The number of hydrogen-bond donors (Lipinski definition) is 2. The van der Waals surface area contributed by atoms with Crippen molar-refractivity contribution in [2.45, 2.75) is 13.3 Å². The molecule has 1 aliphatic heterocycles. The highest BCUT2D eigenvalue weighted by Gasteiger charge is 2.24. The fourth-order valence-corrected chi connectivity index (χ4v) is 2.94. The summed E-state index contributed by atoms with van der Waals surface area (Å²) in [4.78, 5) is 28.5. The van der Waals surface area contributed by atoms with Crippen LogP contribution in [0.3, 0.4) is 0 Å². The molecule has 0 spiro atoms. The van der Waals surface area contributed by atoms with E-state index in [1.165, 1.54) is 0 Å². The number of nitrogens with one attached hydrogen (secondary N) is 2. The van der Waals surface area contributed by atoms with Crippen LogP contribution in [-0.4, -0.2) is 74.5 Å². The summed E-state index contributed by atoms with van der Waals surface area (Å²) < 4.78 is 0. The van der Waals surface area contributed by atoms with E-state index in [1.807, 2.05) is 43.1 Å². The summed E-state index contributed by atoms with van der Waals surface area (Å²) in [6.07, 6.45) is 0.843. The van der Waals surface area contributed by atoms with Gasteiger partial charge in [-0.2, -0.15) is 0 Å². The minimum atomic E-state index is 0. The Morgan fingerprint density at radius 1 is 1.12 bits per heavy atom. The number of hydrogen-bond acceptors (Lipinski definition) is 4. The zero-order chi connectivity index (χ0) is 17.4. The van der Waals surface area contributed by atoms with Gasteiger partial charge in [-0.3, -0.25) is 14.5 Å². The molecule has 1 aliphatic rings. The van der Waals surface area contributed by atoms with Crippen LogP contribution in [0.1, 0.15) is 22.8 Å². The summed E-state index contributed by atoms with van der Waals surface area (Å²) >= 11 is 0. The van der Waals surface area contributed by atoms with E-state index in [0.29, 0.717) is 26.2 Å². The summed E-state index contributed by atoms with van der Waals surface area (Å²) in [7, 11) is 1.92. The van der Waals surface area contributed by atoms with Crippen LogP contribution in [0.15, 0.2) is 24.3 Å². The van der Waals surface area contributed by atoms with Crippen molar-refractivity contribution < 1.29 is 9.59 Å². The highest BCUT2D eigenvalue weighted by Crippen LogP contribution is 2.14. The number of benzene rings is 1. The summed E-state index contributed by atoms with van der Waals surface area (Å²) in [5.41, 5.74) is 1.88. The molecule has 0 atom stereocenters. The number of amides is 2. The fourth-order valence-electron chi connectivity index (χ4n) is 2.94. The Kier molecular flexibility index (Phi) is 9.49. The lowest BCUT2D eigenvalue weighted by molar-refractivity contribution is -0.122. The summed E-state index contributed by atoms with van der Waals surface area (Å²) in [5.74, 6) is 0.147. The lowest BCUT2D eigenvalue weighted by Gasteiger charge is -2.34. The molecular formula is C18H29ClN4O2. The van der Waals surface area contributed by atoms with Crippen molar-refractivity contribution in [1.82, 2.24) is 20.4 Å². The number of likely N-dealkylation sites (N-methyl/N-ethyl adjacent to an activating group) is 2. The molecule has 1 aromatic carbocycles. The van der Waals surface area contributed by atoms with Gasteiger partial charge in [0.25, 0.3) is 5.91 Å². The van der Waals surface area contributed by atoms with Crippen molar-refractivity contribution >= 4 is 24.2 Å². The largest absolute Gasteiger partial charge is 0.355 e. The molecular weight excluding hydrogens is 340 g/mol. The zero-order valence-corrected chi connectivity index (χ0v) is 15.9. The Bertz CT molecular complexity index is 560. The lowest BCUT2D eigenvalue weighted by atomic mass is 10.0. The van der Waals surface area contributed by atoms with Crippen LogP contribution in [0, 0.1) is 0 Å². The second-order valence-electron chi connectivity index (χ2n) is 6.03. The van der Waals surface area contributed by atoms with Crippen LogP contribution in [0.25, 0.3) is 0 Å². The topological polar surface area (TPSA) is 64.7 Å². The van der Waals surface area contributed by atoms with E-state index in [2.05, 4.69) is 15.5 Å². The number of halogens is 1. The Labute approximate surface area is 156 Å². The smallest absolute Gasteiger partial charge is 0.254 e. The number of nitrogens with zero attached hydrogens (tertiary/aromatic N) is 2. The third-order valence-electron chi connectivity index (χ3n) is 4.29. The van der Waals surface area contributed by atoms with Gasteiger partial charge in [-0.25, -0.2) is 0 Å². The first kappa shape index (κ1) is 21.4. The monoisotopic (exact) mass is 368 g/mol. The molecule has 1 aromatic rings. The molecule has 1 fully saturated rings. The number of rotatable bonds is 7. The molecule has 0 radical (unpaired) electrons. The molecule has 6 nitrogen and oxygen atoms in total. The normalized spacial score (nSPS) is 14.7. The van der Waals surface area contributed by atoms with E-state index in [4.69, 9.17) is 0 Å². The van der Waals surface area contributed by atoms with Crippen molar-refractivity contribution in [1.29, 1.82) is 0 Å². The first-order chi connectivity index (χ1) is 11.7. The van der Waals surface area contributed by atoms with Gasteiger partial charge in [0.2, 0.25) is 5.91 Å². The molecule has 0 unspecified atom stereocenters. The maximum Gasteiger partial charge on any atom is 0.254 e. The Balaban J connectivity index is 0.00000312. The molecule has 25 heavy (non-hydrogen) atoms. The lowest BCUT2D eigenvalue weighted by Crippen LogP contribution is -2.51. The van der Waals surface area contributed by atoms with Gasteiger partial charge in [0.1, 0.15) is 0 Å². The van der Waals surface area contributed by atoms with Crippen LogP contribution >= 0.6 is 12.4 Å². The van der Waals surface area contributed by atoms with Gasteiger partial charge in [0, 0.05) is 38.3 Å². The molecule has 1 saturated heterocycles. The van der Waals surface area contributed by atoms with Crippen molar-refractivity contribution in [3.05, 3.63) is 35.4 Å². The standard InChI is InChI=1S/C18H28N4O2.ClH/c1-3-20-17(23)14-21-10-12-22(13-11-21)18(24)16-7-5-4-6-15(16)8-9-19-2;/h4-7,19H,3,8-14H2,1-2H3,(H,20,23);1H. The van der Waals surface area contributed by atoms with E-state index < -0.39 is 0 Å². The second-order valence-corrected chi connectivity index (χ2v) is 6.03. The molecule has 140 valence electrons. The third kappa shape index (κ3) is 6.30. The van der Waals surface area contributed by atoms with E-state index in [-0.39, 0.29) is 24.2 Å². The maximum atomic E-state index is 12.8. The molecule has 0 aliphatic carbocycles. The van der Waals surface area contributed by atoms with Crippen LogP contribution in [0.4, 0.5) is 0 Å². The molecule has 2 amide bonds. The summed E-state index contributed by atoms with van der Waals surface area (Å²) in [5, 5.41) is 5.94. The molecule has 7 heteroatoms. The number of carbonyl (C=O) groups is 2.